The van der Waals surface area contributed by atoms with Gasteiger partial charge in [-0.3, -0.25) is 19.7 Å². The zero-order valence-electron chi connectivity index (χ0n) is 27.7. The molecule has 1 aliphatic heterocycles. The molecule has 0 aromatic heterocycles. The fraction of sp³-hybridized carbons (Fsp3) is 0.727. The summed E-state index contributed by atoms with van der Waals surface area (Å²) in [7, 11) is 5.20. The molecule has 1 fully saturated rings. The fourth-order valence-corrected chi connectivity index (χ4v) is 6.41. The number of methoxy groups -OCH3 is 1. The Morgan fingerprint density at radius 3 is 2.37 bits per heavy atom. The number of nitrogens with one attached hydrogen (secondary N) is 2. The van der Waals surface area contributed by atoms with Crippen LogP contribution in [0.1, 0.15) is 84.8 Å². The molecule has 1 aromatic rings. The van der Waals surface area contributed by atoms with E-state index in [0.29, 0.717) is 19.4 Å². The number of benzene rings is 1. The van der Waals surface area contributed by atoms with Gasteiger partial charge in [-0.2, -0.15) is 0 Å². The van der Waals surface area contributed by atoms with Crippen LogP contribution in [0.2, 0.25) is 0 Å². The van der Waals surface area contributed by atoms with Crippen LogP contribution >= 0.6 is 0 Å². The van der Waals surface area contributed by atoms with Gasteiger partial charge in [0.1, 0.15) is 0 Å². The summed E-state index contributed by atoms with van der Waals surface area (Å²) in [6.07, 6.45) is 4.09. The molecular formula is C33H57N5O5. The van der Waals surface area contributed by atoms with Gasteiger partial charge in [0, 0.05) is 52.3 Å². The minimum absolute atomic E-state index is 0.0512. The fourth-order valence-electron chi connectivity index (χ4n) is 6.41. The van der Waals surface area contributed by atoms with Gasteiger partial charge in [0.25, 0.3) is 0 Å². The van der Waals surface area contributed by atoms with Crippen LogP contribution in [0, 0.1) is 5.92 Å². The predicted octanol–water partition coefficient (Wildman–Crippen LogP) is 3.16. The highest BCUT2D eigenvalue weighted by atomic mass is 16.5. The molecule has 10 nitrogen and oxygen atoms in total. The van der Waals surface area contributed by atoms with Crippen LogP contribution in [0.4, 0.5) is 0 Å². The molecule has 1 heterocycles. The SMILES string of the molecule is CCC[C@@H](CCC(=O)N1CCC[C@H]1[C@H](OC)[C@@H](C)N[C@H](C)[C@H](O)c1ccccc1)N(C)C(=O)CNC(C(C)C)N(C)C=O. The maximum Gasteiger partial charge on any atom is 0.236 e. The number of nitrogens with zero attached hydrogens (tertiary/aromatic N) is 3. The van der Waals surface area contributed by atoms with E-state index in [1.54, 1.807) is 31.0 Å². The lowest BCUT2D eigenvalue weighted by Crippen LogP contribution is -2.54. The van der Waals surface area contributed by atoms with Crippen LogP contribution in [-0.4, -0.2) is 109 Å². The van der Waals surface area contributed by atoms with Crippen molar-refractivity contribution in [1.29, 1.82) is 0 Å². The van der Waals surface area contributed by atoms with Gasteiger partial charge in [-0.1, -0.05) is 57.5 Å². The lowest BCUT2D eigenvalue weighted by atomic mass is 9.98. The monoisotopic (exact) mass is 603 g/mol. The molecule has 244 valence electrons. The van der Waals surface area contributed by atoms with Crippen molar-refractivity contribution in [2.75, 3.05) is 34.3 Å². The molecule has 3 N–H and O–H groups in total. The van der Waals surface area contributed by atoms with E-state index in [1.807, 2.05) is 62.9 Å². The number of hydrogen-bond donors (Lipinski definition) is 3. The van der Waals surface area contributed by atoms with E-state index >= 15 is 0 Å². The van der Waals surface area contributed by atoms with Crippen LogP contribution in [-0.2, 0) is 19.1 Å². The second-order valence-corrected chi connectivity index (χ2v) is 12.4. The van der Waals surface area contributed by atoms with E-state index in [2.05, 4.69) is 17.6 Å². The Kier molecular flexibility index (Phi) is 15.6. The molecule has 1 saturated heterocycles. The molecule has 1 aliphatic rings. The maximum atomic E-state index is 13.6. The van der Waals surface area contributed by atoms with Crippen molar-refractivity contribution < 1.29 is 24.2 Å². The Bertz CT molecular complexity index is 980. The third-order valence-corrected chi connectivity index (χ3v) is 8.86. The van der Waals surface area contributed by atoms with E-state index in [4.69, 9.17) is 4.74 Å². The summed E-state index contributed by atoms with van der Waals surface area (Å²) in [5.74, 6) is 0.180. The molecule has 0 bridgehead atoms. The zero-order chi connectivity index (χ0) is 32.1. The van der Waals surface area contributed by atoms with Gasteiger partial charge < -0.3 is 29.9 Å². The summed E-state index contributed by atoms with van der Waals surface area (Å²) in [6.45, 7) is 10.9. The lowest BCUT2D eigenvalue weighted by molar-refractivity contribution is -0.137. The molecule has 1 aromatic carbocycles. The third-order valence-electron chi connectivity index (χ3n) is 8.86. The summed E-state index contributed by atoms with van der Waals surface area (Å²) in [5.41, 5.74) is 0.857. The average molecular weight is 604 g/mol. The molecule has 7 atom stereocenters. The molecule has 1 unspecified atom stereocenters. The van der Waals surface area contributed by atoms with E-state index < -0.39 is 6.10 Å². The second kappa shape index (κ2) is 18.3. The minimum Gasteiger partial charge on any atom is -0.387 e. The van der Waals surface area contributed by atoms with Gasteiger partial charge in [-0.05, 0) is 51.0 Å². The minimum atomic E-state index is -0.657. The van der Waals surface area contributed by atoms with Gasteiger partial charge >= 0.3 is 0 Å². The molecular weight excluding hydrogens is 546 g/mol. The smallest absolute Gasteiger partial charge is 0.236 e. The van der Waals surface area contributed by atoms with Crippen LogP contribution in [0.25, 0.3) is 0 Å². The van der Waals surface area contributed by atoms with Crippen LogP contribution in [0.3, 0.4) is 0 Å². The molecule has 0 radical (unpaired) electrons. The van der Waals surface area contributed by atoms with Gasteiger partial charge in [-0.15, -0.1) is 0 Å². The third kappa shape index (κ3) is 10.6. The predicted molar refractivity (Wildman–Crippen MR) is 170 cm³/mol. The zero-order valence-corrected chi connectivity index (χ0v) is 27.7. The van der Waals surface area contributed by atoms with Crippen LogP contribution < -0.4 is 10.6 Å². The van der Waals surface area contributed by atoms with E-state index in [-0.39, 0.29) is 60.7 Å². The Morgan fingerprint density at radius 2 is 1.79 bits per heavy atom. The first-order chi connectivity index (χ1) is 20.5. The highest BCUT2D eigenvalue weighted by Gasteiger charge is 2.38. The number of amides is 3. The number of likely N-dealkylation sites (N-methyl/N-ethyl adjacent to an activating group) is 1. The van der Waals surface area contributed by atoms with Crippen molar-refractivity contribution in [2.24, 2.45) is 5.92 Å². The standard InChI is InChI=1S/C33H57N5O5/c1-9-14-27(37(7)30(41)21-34-33(23(2)3)36(6)22-39)18-19-29(40)38-20-13-17-28(38)32(43-8)25(5)35-24(4)31(42)26-15-11-10-12-16-26/h10-12,15-16,22-25,27-28,31-35,42H,9,13-14,17-21H2,1-8H3/t24-,25-,27+,28+,31+,32-,33?/m1/s1. The summed E-state index contributed by atoms with van der Waals surface area (Å²) >= 11 is 0. The number of aliphatic hydroxyl groups is 1. The average Bonchev–Trinajstić information content (AvgIpc) is 3.48. The van der Waals surface area contributed by atoms with Crippen molar-refractivity contribution >= 4 is 18.2 Å². The number of likely N-dealkylation sites (tertiary alicyclic amines) is 1. The molecule has 43 heavy (non-hydrogen) atoms. The summed E-state index contributed by atoms with van der Waals surface area (Å²) in [6, 6.07) is 9.20. The van der Waals surface area contributed by atoms with Gasteiger partial charge in [0.2, 0.25) is 18.2 Å². The first-order valence-electron chi connectivity index (χ1n) is 15.9. The number of carbonyl (C=O) groups is 3. The first-order valence-corrected chi connectivity index (χ1v) is 15.9. The highest BCUT2D eigenvalue weighted by molar-refractivity contribution is 5.79. The van der Waals surface area contributed by atoms with Gasteiger partial charge in [0.15, 0.2) is 0 Å². The van der Waals surface area contributed by atoms with E-state index in [9.17, 15) is 19.5 Å². The number of ether oxygens (including phenoxy) is 1. The number of aliphatic hydroxyl groups excluding tert-OH is 1. The van der Waals surface area contributed by atoms with Gasteiger partial charge in [0.05, 0.1) is 31.0 Å². The lowest BCUT2D eigenvalue weighted by Gasteiger charge is -2.37. The second-order valence-electron chi connectivity index (χ2n) is 12.4. The van der Waals surface area contributed by atoms with Crippen molar-refractivity contribution in [3.63, 3.8) is 0 Å². The highest BCUT2D eigenvalue weighted by Crippen LogP contribution is 2.27. The van der Waals surface area contributed by atoms with Crippen molar-refractivity contribution in [1.82, 2.24) is 25.3 Å². The molecule has 3 amide bonds. The quantitative estimate of drug-likeness (QED) is 0.164. The van der Waals surface area contributed by atoms with Crippen LogP contribution in [0.15, 0.2) is 30.3 Å². The number of carbonyl (C=O) groups excluding carboxylic acids is 3. The van der Waals surface area contributed by atoms with Crippen molar-refractivity contribution in [3.05, 3.63) is 35.9 Å². The van der Waals surface area contributed by atoms with Crippen molar-refractivity contribution in [2.45, 2.75) is 116 Å². The molecule has 0 aliphatic carbocycles. The first kappa shape index (κ1) is 36.7. The van der Waals surface area contributed by atoms with E-state index in [0.717, 1.165) is 37.7 Å². The van der Waals surface area contributed by atoms with Crippen LogP contribution in [0.5, 0.6) is 0 Å². The largest absolute Gasteiger partial charge is 0.387 e. The Labute approximate surface area is 259 Å². The Morgan fingerprint density at radius 1 is 1.12 bits per heavy atom. The molecule has 0 spiro atoms. The van der Waals surface area contributed by atoms with Crippen molar-refractivity contribution in [3.8, 4) is 0 Å². The molecule has 10 heteroatoms. The Balaban J connectivity index is 1.99. The summed E-state index contributed by atoms with van der Waals surface area (Å²) in [4.78, 5) is 43.2. The number of hydrogen-bond acceptors (Lipinski definition) is 7. The Hall–Kier alpha value is -2.53. The summed E-state index contributed by atoms with van der Waals surface area (Å²) < 4.78 is 5.96. The topological polar surface area (TPSA) is 114 Å². The molecule has 2 rings (SSSR count). The molecule has 0 saturated carbocycles. The maximum absolute atomic E-state index is 13.6. The van der Waals surface area contributed by atoms with Gasteiger partial charge in [-0.25, -0.2) is 0 Å². The normalized spacial score (nSPS) is 19.4. The van der Waals surface area contributed by atoms with E-state index in [1.165, 1.54) is 0 Å². The number of rotatable bonds is 19. The summed E-state index contributed by atoms with van der Waals surface area (Å²) in [5, 5.41) is 17.6.